The number of hydrogen-bond acceptors (Lipinski definition) is 5. The van der Waals surface area contributed by atoms with Gasteiger partial charge in [0.2, 0.25) is 0 Å². The normalized spacial score (nSPS) is 18.5. The summed E-state index contributed by atoms with van der Waals surface area (Å²) in [5.74, 6) is 0.718. The Balaban J connectivity index is 1.60. The first-order chi connectivity index (χ1) is 12.7. The maximum atomic E-state index is 12.6. The van der Waals surface area contributed by atoms with Crippen molar-refractivity contribution in [3.05, 3.63) is 48.0 Å². The molecule has 0 radical (unpaired) electrons. The Morgan fingerprint density at radius 2 is 2.23 bits per heavy atom. The molecule has 1 saturated heterocycles. The molecule has 8 heteroatoms. The zero-order valence-corrected chi connectivity index (χ0v) is 14.9. The van der Waals surface area contributed by atoms with Gasteiger partial charge in [-0.25, -0.2) is 4.79 Å². The van der Waals surface area contributed by atoms with E-state index in [4.69, 9.17) is 4.74 Å². The molecule has 2 atom stereocenters. The molecule has 0 bridgehead atoms. The number of aliphatic hydroxyl groups is 1. The highest BCUT2D eigenvalue weighted by Crippen LogP contribution is 2.22. The van der Waals surface area contributed by atoms with Crippen LogP contribution >= 0.6 is 0 Å². The number of carbonyl (C=O) groups excluding carboxylic acids is 1. The molecule has 26 heavy (non-hydrogen) atoms. The van der Waals surface area contributed by atoms with E-state index >= 15 is 0 Å². The van der Waals surface area contributed by atoms with E-state index in [1.807, 2.05) is 41.8 Å². The van der Waals surface area contributed by atoms with Crippen LogP contribution in [0.1, 0.15) is 30.8 Å². The predicted molar refractivity (Wildman–Crippen MR) is 95.3 cm³/mol. The van der Waals surface area contributed by atoms with Crippen LogP contribution in [0.25, 0.3) is 0 Å². The first-order valence-electron chi connectivity index (χ1n) is 8.91. The van der Waals surface area contributed by atoms with Crippen molar-refractivity contribution >= 4 is 6.03 Å². The van der Waals surface area contributed by atoms with E-state index in [0.717, 1.165) is 17.9 Å². The molecule has 2 amide bonds. The van der Waals surface area contributed by atoms with Crippen LogP contribution < -0.4 is 5.32 Å². The standard InChI is InChI=1S/C18H25N5O3/c1-2-22-13-20-21-17(22)11-19-18(25)23-8-9-26-12-15(23)10-16(24)14-6-4-3-5-7-14/h3-7,13,15-16,24H,2,8-12H2,1H3,(H,19,25)/t15-,16+/m1/s1. The highest BCUT2D eigenvalue weighted by Gasteiger charge is 2.29. The van der Waals surface area contributed by atoms with Crippen LogP contribution in [-0.2, 0) is 17.8 Å². The van der Waals surface area contributed by atoms with Gasteiger partial charge in [0.1, 0.15) is 6.33 Å². The Kier molecular flexibility index (Phi) is 6.19. The highest BCUT2D eigenvalue weighted by atomic mass is 16.5. The molecule has 2 aromatic rings. The van der Waals surface area contributed by atoms with E-state index in [1.165, 1.54) is 0 Å². The molecule has 140 valence electrons. The van der Waals surface area contributed by atoms with Crippen LogP contribution in [0.3, 0.4) is 0 Å². The van der Waals surface area contributed by atoms with E-state index < -0.39 is 6.10 Å². The number of aryl methyl sites for hydroxylation is 1. The van der Waals surface area contributed by atoms with Crippen LogP contribution in [0, 0.1) is 0 Å². The lowest BCUT2D eigenvalue weighted by atomic mass is 10.0. The predicted octanol–water partition coefficient (Wildman–Crippen LogP) is 1.33. The first kappa shape index (κ1) is 18.3. The van der Waals surface area contributed by atoms with Crippen LogP contribution in [0.15, 0.2) is 36.7 Å². The fourth-order valence-corrected chi connectivity index (χ4v) is 3.12. The van der Waals surface area contributed by atoms with E-state index in [-0.39, 0.29) is 12.1 Å². The molecular weight excluding hydrogens is 334 g/mol. The minimum Gasteiger partial charge on any atom is -0.388 e. The molecule has 0 unspecified atom stereocenters. The molecule has 0 saturated carbocycles. The molecule has 1 aliphatic heterocycles. The number of rotatable bonds is 6. The molecule has 3 rings (SSSR count). The number of morpholine rings is 1. The number of urea groups is 1. The Labute approximate surface area is 152 Å². The second kappa shape index (κ2) is 8.77. The number of ether oxygens (including phenoxy) is 1. The van der Waals surface area contributed by atoms with Crippen molar-refractivity contribution in [2.24, 2.45) is 0 Å². The third-order valence-electron chi connectivity index (χ3n) is 4.60. The molecule has 2 heterocycles. The van der Waals surface area contributed by atoms with Crippen molar-refractivity contribution in [1.82, 2.24) is 25.0 Å². The second-order valence-corrected chi connectivity index (χ2v) is 6.28. The van der Waals surface area contributed by atoms with E-state index in [1.54, 1.807) is 11.2 Å². The number of amides is 2. The SMILES string of the molecule is CCn1cnnc1CNC(=O)N1CCOC[C@H]1C[C@H](O)c1ccccc1. The third-order valence-corrected chi connectivity index (χ3v) is 4.60. The van der Waals surface area contributed by atoms with Crippen LogP contribution in [-0.4, -0.2) is 56.6 Å². The van der Waals surface area contributed by atoms with Gasteiger partial charge in [-0.05, 0) is 12.5 Å². The molecule has 1 aromatic heterocycles. The topological polar surface area (TPSA) is 92.5 Å². The Morgan fingerprint density at radius 3 is 3.00 bits per heavy atom. The van der Waals surface area contributed by atoms with Gasteiger partial charge in [0.25, 0.3) is 0 Å². The van der Waals surface area contributed by atoms with Crippen molar-refractivity contribution in [2.75, 3.05) is 19.8 Å². The van der Waals surface area contributed by atoms with Crippen LogP contribution in [0.2, 0.25) is 0 Å². The fourth-order valence-electron chi connectivity index (χ4n) is 3.12. The number of hydrogen-bond donors (Lipinski definition) is 2. The van der Waals surface area contributed by atoms with Crippen LogP contribution in [0.5, 0.6) is 0 Å². The summed E-state index contributed by atoms with van der Waals surface area (Å²) in [6, 6.07) is 9.11. The Hall–Kier alpha value is -2.45. The monoisotopic (exact) mass is 359 g/mol. The van der Waals surface area contributed by atoms with Crippen molar-refractivity contribution < 1.29 is 14.6 Å². The summed E-state index contributed by atoms with van der Waals surface area (Å²) >= 11 is 0. The minimum absolute atomic E-state index is 0.177. The van der Waals surface area contributed by atoms with Gasteiger partial charge < -0.3 is 24.6 Å². The summed E-state index contributed by atoms with van der Waals surface area (Å²) in [4.78, 5) is 14.4. The van der Waals surface area contributed by atoms with Crippen LogP contribution in [0.4, 0.5) is 4.79 Å². The van der Waals surface area contributed by atoms with Gasteiger partial charge >= 0.3 is 6.03 Å². The molecule has 1 fully saturated rings. The summed E-state index contributed by atoms with van der Waals surface area (Å²) in [5.41, 5.74) is 0.842. The van der Waals surface area contributed by atoms with E-state index in [0.29, 0.717) is 32.7 Å². The zero-order valence-electron chi connectivity index (χ0n) is 14.9. The van der Waals surface area contributed by atoms with Crippen molar-refractivity contribution in [3.8, 4) is 0 Å². The number of aromatic nitrogens is 3. The molecule has 1 aliphatic rings. The Morgan fingerprint density at radius 1 is 1.42 bits per heavy atom. The molecular formula is C18H25N5O3. The molecule has 0 aliphatic carbocycles. The second-order valence-electron chi connectivity index (χ2n) is 6.28. The number of carbonyl (C=O) groups is 1. The number of nitrogens with zero attached hydrogens (tertiary/aromatic N) is 4. The van der Waals surface area contributed by atoms with E-state index in [9.17, 15) is 9.90 Å². The molecule has 1 aromatic carbocycles. The highest BCUT2D eigenvalue weighted by molar-refractivity contribution is 5.74. The minimum atomic E-state index is -0.638. The van der Waals surface area contributed by atoms with E-state index in [2.05, 4.69) is 15.5 Å². The average molecular weight is 359 g/mol. The largest absolute Gasteiger partial charge is 0.388 e. The van der Waals surface area contributed by atoms with Crippen molar-refractivity contribution in [2.45, 2.75) is 38.6 Å². The van der Waals surface area contributed by atoms with Gasteiger partial charge in [-0.2, -0.15) is 0 Å². The fraction of sp³-hybridized carbons (Fsp3) is 0.500. The van der Waals surface area contributed by atoms with Crippen molar-refractivity contribution in [3.63, 3.8) is 0 Å². The lowest BCUT2D eigenvalue weighted by Gasteiger charge is -2.36. The summed E-state index contributed by atoms with van der Waals surface area (Å²) in [5, 5.41) is 21.3. The Bertz CT molecular complexity index is 706. The van der Waals surface area contributed by atoms with Gasteiger partial charge in [0.05, 0.1) is 31.9 Å². The quantitative estimate of drug-likeness (QED) is 0.812. The lowest BCUT2D eigenvalue weighted by Crippen LogP contribution is -2.52. The van der Waals surface area contributed by atoms with Gasteiger partial charge in [-0.3, -0.25) is 0 Å². The lowest BCUT2D eigenvalue weighted by molar-refractivity contribution is -0.00702. The van der Waals surface area contributed by atoms with Crippen molar-refractivity contribution in [1.29, 1.82) is 0 Å². The average Bonchev–Trinajstić information content (AvgIpc) is 3.15. The summed E-state index contributed by atoms with van der Waals surface area (Å²) in [6.07, 6.45) is 1.44. The smallest absolute Gasteiger partial charge is 0.318 e. The summed E-state index contributed by atoms with van der Waals surface area (Å²) < 4.78 is 7.41. The first-order valence-corrected chi connectivity index (χ1v) is 8.91. The van der Waals surface area contributed by atoms with Gasteiger partial charge in [0.15, 0.2) is 5.82 Å². The third kappa shape index (κ3) is 4.39. The number of nitrogens with one attached hydrogen (secondary N) is 1. The number of benzene rings is 1. The van der Waals surface area contributed by atoms with Gasteiger partial charge in [0, 0.05) is 19.5 Å². The molecule has 8 nitrogen and oxygen atoms in total. The van der Waals surface area contributed by atoms with Gasteiger partial charge in [-0.1, -0.05) is 30.3 Å². The molecule has 0 spiro atoms. The summed E-state index contributed by atoms with van der Waals surface area (Å²) in [6.45, 7) is 4.48. The summed E-state index contributed by atoms with van der Waals surface area (Å²) in [7, 11) is 0. The maximum Gasteiger partial charge on any atom is 0.318 e. The van der Waals surface area contributed by atoms with Gasteiger partial charge in [-0.15, -0.1) is 10.2 Å². The molecule has 2 N–H and O–H groups in total. The zero-order chi connectivity index (χ0) is 18.4. The maximum absolute atomic E-state index is 12.6. The number of aliphatic hydroxyl groups excluding tert-OH is 1.